The van der Waals surface area contributed by atoms with E-state index < -0.39 is 29.5 Å². The van der Waals surface area contributed by atoms with Crippen LogP contribution in [0.2, 0.25) is 0 Å². The van der Waals surface area contributed by atoms with E-state index in [0.717, 1.165) is 0 Å². The van der Waals surface area contributed by atoms with Gasteiger partial charge in [0, 0.05) is 0 Å². The van der Waals surface area contributed by atoms with Gasteiger partial charge in [0.15, 0.2) is 5.82 Å². The predicted octanol–water partition coefficient (Wildman–Crippen LogP) is 0.552. The van der Waals surface area contributed by atoms with Crippen LogP contribution in [-0.4, -0.2) is 15.1 Å². The van der Waals surface area contributed by atoms with E-state index in [1.807, 2.05) is 0 Å². The van der Waals surface area contributed by atoms with Crippen LogP contribution < -0.4 is 5.56 Å². The Morgan fingerprint density at radius 3 is 2.50 bits per heavy atom. The fourth-order valence-electron chi connectivity index (χ4n) is 0.567. The molecule has 66 valence electrons. The third-order valence-corrected chi connectivity index (χ3v) is 1.07. The van der Waals surface area contributed by atoms with E-state index in [1.165, 1.54) is 4.98 Å². The highest BCUT2D eigenvalue weighted by Crippen LogP contribution is 2.15. The molecule has 1 heterocycles. The van der Waals surface area contributed by atoms with E-state index in [2.05, 4.69) is 4.98 Å². The number of alkyl halides is 2. The lowest BCUT2D eigenvalue weighted by Gasteiger charge is -1.98. The van der Waals surface area contributed by atoms with Crippen molar-refractivity contribution in [1.82, 2.24) is 9.97 Å². The van der Waals surface area contributed by atoms with Crippen LogP contribution in [0.4, 0.5) is 13.2 Å². The van der Waals surface area contributed by atoms with E-state index in [4.69, 9.17) is 5.11 Å². The van der Waals surface area contributed by atoms with E-state index in [-0.39, 0.29) is 0 Å². The molecular weight excluding hydrogens is 177 g/mol. The summed E-state index contributed by atoms with van der Waals surface area (Å²) in [4.78, 5) is 14.5. The zero-order valence-electron chi connectivity index (χ0n) is 5.51. The van der Waals surface area contributed by atoms with Crippen LogP contribution in [0.25, 0.3) is 0 Å². The van der Waals surface area contributed by atoms with Crippen LogP contribution in [0.5, 0.6) is 5.88 Å². The van der Waals surface area contributed by atoms with Crippen molar-refractivity contribution < 1.29 is 18.3 Å². The molecule has 1 rings (SSSR count). The summed E-state index contributed by atoms with van der Waals surface area (Å²) in [6.45, 7) is 0. The number of hydrogen-bond donors (Lipinski definition) is 2. The standard InChI is InChI=1S/C5H3F3N2O2/c6-1-4(11)9-3(2(7)8)10-5(1)12/h2H,(H2,9,10,11,12). The lowest BCUT2D eigenvalue weighted by atomic mass is 10.5. The molecule has 7 heteroatoms. The highest BCUT2D eigenvalue weighted by Gasteiger charge is 2.15. The van der Waals surface area contributed by atoms with Crippen molar-refractivity contribution in [3.63, 3.8) is 0 Å². The van der Waals surface area contributed by atoms with Gasteiger partial charge in [-0.2, -0.15) is 9.37 Å². The summed E-state index contributed by atoms with van der Waals surface area (Å²) in [7, 11) is 0. The zero-order chi connectivity index (χ0) is 9.30. The molecule has 1 aromatic rings. The van der Waals surface area contributed by atoms with E-state index in [0.29, 0.717) is 0 Å². The monoisotopic (exact) mass is 180 g/mol. The Morgan fingerprint density at radius 2 is 2.08 bits per heavy atom. The Labute approximate surface area is 63.7 Å². The van der Waals surface area contributed by atoms with Crippen LogP contribution >= 0.6 is 0 Å². The SMILES string of the molecule is O=c1nc(C(F)F)[nH]c(O)c1F. The first-order valence-corrected chi connectivity index (χ1v) is 2.79. The number of nitrogens with zero attached hydrogens (tertiary/aromatic N) is 1. The summed E-state index contributed by atoms with van der Waals surface area (Å²) in [6, 6.07) is 0. The van der Waals surface area contributed by atoms with Gasteiger partial charge in [0.05, 0.1) is 0 Å². The average molecular weight is 180 g/mol. The topological polar surface area (TPSA) is 66.0 Å². The maximum atomic E-state index is 12.3. The van der Waals surface area contributed by atoms with Crippen molar-refractivity contribution in [1.29, 1.82) is 0 Å². The number of H-pyrrole nitrogens is 1. The van der Waals surface area contributed by atoms with Gasteiger partial charge in [0.2, 0.25) is 11.7 Å². The van der Waals surface area contributed by atoms with Gasteiger partial charge >= 0.3 is 5.56 Å². The van der Waals surface area contributed by atoms with Crippen molar-refractivity contribution in [3.05, 3.63) is 22.0 Å². The van der Waals surface area contributed by atoms with Gasteiger partial charge in [-0.15, -0.1) is 0 Å². The molecule has 0 amide bonds. The van der Waals surface area contributed by atoms with Crippen molar-refractivity contribution in [2.45, 2.75) is 6.43 Å². The molecule has 0 bridgehead atoms. The smallest absolute Gasteiger partial charge is 0.313 e. The second kappa shape index (κ2) is 2.84. The van der Waals surface area contributed by atoms with Gasteiger partial charge in [-0.25, -0.2) is 8.78 Å². The summed E-state index contributed by atoms with van der Waals surface area (Å²) in [5.74, 6) is -3.86. The molecule has 0 spiro atoms. The molecule has 0 atom stereocenters. The van der Waals surface area contributed by atoms with Gasteiger partial charge in [-0.3, -0.25) is 4.79 Å². The zero-order valence-corrected chi connectivity index (χ0v) is 5.51. The number of aromatic nitrogens is 2. The predicted molar refractivity (Wildman–Crippen MR) is 31.4 cm³/mol. The molecule has 0 aliphatic heterocycles. The molecule has 0 aliphatic rings. The molecule has 0 saturated heterocycles. The van der Waals surface area contributed by atoms with Crippen molar-refractivity contribution in [2.75, 3.05) is 0 Å². The molecule has 1 aromatic heterocycles. The third kappa shape index (κ3) is 1.39. The quantitative estimate of drug-likeness (QED) is 0.663. The molecule has 0 saturated carbocycles. The molecule has 12 heavy (non-hydrogen) atoms. The second-order valence-corrected chi connectivity index (χ2v) is 1.89. The number of halogens is 3. The Morgan fingerprint density at radius 1 is 1.50 bits per heavy atom. The lowest BCUT2D eigenvalue weighted by molar-refractivity contribution is 0.138. The molecular formula is C5H3F3N2O2. The molecule has 0 fully saturated rings. The number of aromatic amines is 1. The normalized spacial score (nSPS) is 10.7. The Bertz CT molecular complexity index is 349. The molecule has 2 N–H and O–H groups in total. The number of rotatable bonds is 1. The fraction of sp³-hybridized carbons (Fsp3) is 0.200. The van der Waals surface area contributed by atoms with Gasteiger partial charge in [0.1, 0.15) is 0 Å². The lowest BCUT2D eigenvalue weighted by Crippen LogP contribution is -2.15. The minimum absolute atomic E-state index is 1.06. The van der Waals surface area contributed by atoms with Gasteiger partial charge in [0.25, 0.3) is 6.43 Å². The van der Waals surface area contributed by atoms with E-state index >= 15 is 0 Å². The summed E-state index contributed by atoms with van der Waals surface area (Å²) in [6.07, 6.45) is -3.05. The third-order valence-electron chi connectivity index (χ3n) is 1.07. The average Bonchev–Trinajstić information content (AvgIpc) is 1.99. The van der Waals surface area contributed by atoms with Gasteiger partial charge in [-0.1, -0.05) is 0 Å². The maximum absolute atomic E-state index is 12.3. The van der Waals surface area contributed by atoms with Crippen molar-refractivity contribution in [3.8, 4) is 5.88 Å². The van der Waals surface area contributed by atoms with E-state index in [9.17, 15) is 18.0 Å². The summed E-state index contributed by atoms with van der Waals surface area (Å²) >= 11 is 0. The molecule has 0 radical (unpaired) electrons. The van der Waals surface area contributed by atoms with Crippen molar-refractivity contribution >= 4 is 0 Å². The first-order chi connectivity index (χ1) is 5.52. The van der Waals surface area contributed by atoms with Crippen LogP contribution in [0.1, 0.15) is 12.2 Å². The minimum Gasteiger partial charge on any atom is -0.492 e. The second-order valence-electron chi connectivity index (χ2n) is 1.89. The van der Waals surface area contributed by atoms with E-state index in [1.54, 1.807) is 0 Å². The Hall–Kier alpha value is -1.53. The fourth-order valence-corrected chi connectivity index (χ4v) is 0.567. The van der Waals surface area contributed by atoms with Gasteiger partial charge in [-0.05, 0) is 0 Å². The number of nitrogens with one attached hydrogen (secondary N) is 1. The minimum atomic E-state index is -3.05. The number of aromatic hydroxyl groups is 1. The molecule has 0 aromatic carbocycles. The molecule has 0 unspecified atom stereocenters. The summed E-state index contributed by atoms with van der Waals surface area (Å²) < 4.78 is 35.9. The highest BCUT2D eigenvalue weighted by atomic mass is 19.3. The van der Waals surface area contributed by atoms with Crippen LogP contribution in [0.3, 0.4) is 0 Å². The van der Waals surface area contributed by atoms with Crippen molar-refractivity contribution in [2.24, 2.45) is 0 Å². The highest BCUT2D eigenvalue weighted by molar-refractivity contribution is 5.10. The molecule has 0 aliphatic carbocycles. The Kier molecular flexibility index (Phi) is 2.03. The summed E-state index contributed by atoms with van der Waals surface area (Å²) in [5, 5.41) is 8.53. The Balaban J connectivity index is 3.31. The van der Waals surface area contributed by atoms with Crippen LogP contribution in [0.15, 0.2) is 4.79 Å². The van der Waals surface area contributed by atoms with Gasteiger partial charge < -0.3 is 10.1 Å². The molecule has 4 nitrogen and oxygen atoms in total. The van der Waals surface area contributed by atoms with Crippen LogP contribution in [-0.2, 0) is 0 Å². The largest absolute Gasteiger partial charge is 0.492 e. The van der Waals surface area contributed by atoms with Crippen LogP contribution in [0, 0.1) is 5.82 Å². The maximum Gasteiger partial charge on any atom is 0.313 e. The summed E-state index contributed by atoms with van der Waals surface area (Å²) in [5.41, 5.74) is -1.51. The first-order valence-electron chi connectivity index (χ1n) is 2.79. The number of hydrogen-bond acceptors (Lipinski definition) is 3. The first kappa shape index (κ1) is 8.57.